The summed E-state index contributed by atoms with van der Waals surface area (Å²) in [6.07, 6.45) is 0. The molecule has 0 heterocycles. The second-order valence-electron chi connectivity index (χ2n) is 4.36. The van der Waals surface area contributed by atoms with Crippen LogP contribution in [0.15, 0.2) is 36.4 Å². The molecule has 0 radical (unpaired) electrons. The molecule has 0 spiro atoms. The van der Waals surface area contributed by atoms with E-state index in [4.69, 9.17) is 4.74 Å². The third kappa shape index (κ3) is 2.83. The van der Waals surface area contributed by atoms with Gasteiger partial charge < -0.3 is 20.1 Å². The maximum Gasteiger partial charge on any atom is 0.338 e. The Kier molecular flexibility index (Phi) is 3.79. The smallest absolute Gasteiger partial charge is 0.338 e. The van der Waals surface area contributed by atoms with Gasteiger partial charge in [0.1, 0.15) is 12.4 Å². The average Bonchev–Trinajstić information content (AvgIpc) is 2.43. The highest BCUT2D eigenvalue weighted by molar-refractivity contribution is 5.90. The first-order valence-corrected chi connectivity index (χ1v) is 5.95. The van der Waals surface area contributed by atoms with Gasteiger partial charge in [-0.25, -0.2) is 4.79 Å². The van der Waals surface area contributed by atoms with E-state index < -0.39 is 5.97 Å². The minimum absolute atomic E-state index is 0.0136. The van der Waals surface area contributed by atoms with E-state index in [1.165, 1.54) is 24.3 Å². The zero-order valence-corrected chi connectivity index (χ0v) is 10.8. The van der Waals surface area contributed by atoms with E-state index in [9.17, 15) is 20.1 Å². The molecule has 104 valence electrons. The number of hydrogen-bond acceptors (Lipinski definition) is 5. The van der Waals surface area contributed by atoms with Gasteiger partial charge in [0.05, 0.1) is 5.56 Å². The number of hydrogen-bond donors (Lipinski definition) is 3. The lowest BCUT2D eigenvalue weighted by atomic mass is 10.1. The zero-order chi connectivity index (χ0) is 14.7. The molecule has 0 aliphatic carbocycles. The van der Waals surface area contributed by atoms with Crippen molar-refractivity contribution in [2.45, 2.75) is 13.5 Å². The van der Waals surface area contributed by atoms with Crippen LogP contribution in [0, 0.1) is 6.92 Å². The monoisotopic (exact) mass is 274 g/mol. The first kappa shape index (κ1) is 13.7. The molecule has 0 bridgehead atoms. The number of carbonyl (C=O) groups excluding carboxylic acids is 1. The van der Waals surface area contributed by atoms with Gasteiger partial charge in [-0.3, -0.25) is 0 Å². The molecule has 0 aliphatic heterocycles. The Morgan fingerprint density at radius 2 is 1.85 bits per heavy atom. The minimum Gasteiger partial charge on any atom is -0.508 e. The van der Waals surface area contributed by atoms with Crippen LogP contribution in [-0.4, -0.2) is 21.3 Å². The van der Waals surface area contributed by atoms with Crippen molar-refractivity contribution in [2.24, 2.45) is 0 Å². The van der Waals surface area contributed by atoms with E-state index in [0.717, 1.165) is 0 Å². The quantitative estimate of drug-likeness (QED) is 0.591. The molecule has 0 fully saturated rings. The summed E-state index contributed by atoms with van der Waals surface area (Å²) in [5.41, 5.74) is 1.18. The van der Waals surface area contributed by atoms with E-state index in [1.54, 1.807) is 19.1 Å². The van der Waals surface area contributed by atoms with Crippen LogP contribution in [0.5, 0.6) is 17.2 Å². The number of carbonyl (C=O) groups is 1. The fourth-order valence-corrected chi connectivity index (χ4v) is 1.66. The Bertz CT molecular complexity index is 649. The molecule has 0 amide bonds. The molecule has 2 aromatic carbocycles. The van der Waals surface area contributed by atoms with Crippen molar-refractivity contribution in [3.05, 3.63) is 53.1 Å². The number of para-hydroxylation sites is 1. The van der Waals surface area contributed by atoms with Crippen LogP contribution in [0.2, 0.25) is 0 Å². The van der Waals surface area contributed by atoms with E-state index in [-0.39, 0.29) is 29.4 Å². The summed E-state index contributed by atoms with van der Waals surface area (Å²) in [5.74, 6) is -1.19. The summed E-state index contributed by atoms with van der Waals surface area (Å²) >= 11 is 0. The van der Waals surface area contributed by atoms with Gasteiger partial charge in [-0.05, 0) is 30.7 Å². The fourth-order valence-electron chi connectivity index (χ4n) is 1.66. The molecule has 0 saturated heterocycles. The highest BCUT2D eigenvalue weighted by Gasteiger charge is 2.12. The van der Waals surface area contributed by atoms with Gasteiger partial charge in [-0.2, -0.15) is 0 Å². The van der Waals surface area contributed by atoms with Gasteiger partial charge >= 0.3 is 5.97 Å². The van der Waals surface area contributed by atoms with Crippen LogP contribution >= 0.6 is 0 Å². The van der Waals surface area contributed by atoms with E-state index in [2.05, 4.69) is 0 Å². The lowest BCUT2D eigenvalue weighted by Crippen LogP contribution is -2.05. The summed E-state index contributed by atoms with van der Waals surface area (Å²) in [7, 11) is 0. The van der Waals surface area contributed by atoms with Gasteiger partial charge in [0, 0.05) is 5.56 Å². The van der Waals surface area contributed by atoms with E-state index in [0.29, 0.717) is 11.1 Å². The molecule has 20 heavy (non-hydrogen) atoms. The molecule has 0 saturated carbocycles. The molecule has 0 atom stereocenters. The number of ether oxygens (including phenoxy) is 1. The Hall–Kier alpha value is -2.69. The normalized spacial score (nSPS) is 10.2. The predicted octanol–water partition coefficient (Wildman–Crippen LogP) is 2.47. The van der Waals surface area contributed by atoms with Crippen molar-refractivity contribution < 1.29 is 24.9 Å². The molecular formula is C15H14O5. The lowest BCUT2D eigenvalue weighted by Gasteiger charge is -2.08. The van der Waals surface area contributed by atoms with Crippen LogP contribution in [0.3, 0.4) is 0 Å². The third-order valence-electron chi connectivity index (χ3n) is 2.90. The molecule has 2 aromatic rings. The number of aromatic hydroxyl groups is 3. The maximum absolute atomic E-state index is 11.8. The zero-order valence-electron chi connectivity index (χ0n) is 10.8. The number of benzene rings is 2. The van der Waals surface area contributed by atoms with Crippen LogP contribution in [-0.2, 0) is 11.3 Å². The molecule has 0 aromatic heterocycles. The van der Waals surface area contributed by atoms with Crippen LogP contribution in [0.1, 0.15) is 21.5 Å². The van der Waals surface area contributed by atoms with E-state index in [1.807, 2.05) is 0 Å². The Morgan fingerprint density at radius 3 is 2.55 bits per heavy atom. The lowest BCUT2D eigenvalue weighted by molar-refractivity contribution is 0.0469. The summed E-state index contributed by atoms with van der Waals surface area (Å²) in [6.45, 7) is 1.54. The second kappa shape index (κ2) is 5.52. The van der Waals surface area contributed by atoms with Gasteiger partial charge in [0.25, 0.3) is 0 Å². The molecule has 3 N–H and O–H groups in total. The summed E-state index contributed by atoms with van der Waals surface area (Å²) in [6, 6.07) is 8.88. The van der Waals surface area contributed by atoms with Gasteiger partial charge in [-0.15, -0.1) is 0 Å². The highest BCUT2D eigenvalue weighted by atomic mass is 16.5. The SMILES string of the molecule is Cc1ccc(C(=O)OCc2cccc(O)c2O)cc1O. The van der Waals surface area contributed by atoms with Crippen molar-refractivity contribution in [3.8, 4) is 17.2 Å². The number of phenols is 3. The van der Waals surface area contributed by atoms with Crippen molar-refractivity contribution in [2.75, 3.05) is 0 Å². The van der Waals surface area contributed by atoms with Gasteiger partial charge in [0.2, 0.25) is 0 Å². The summed E-state index contributed by atoms with van der Waals surface area (Å²) in [4.78, 5) is 11.8. The standard InChI is InChI=1S/C15H14O5/c1-9-5-6-10(7-13(9)17)15(19)20-8-11-3-2-4-12(16)14(11)18/h2-7,16-18H,8H2,1H3. The maximum atomic E-state index is 11.8. The van der Waals surface area contributed by atoms with Crippen molar-refractivity contribution in [1.29, 1.82) is 0 Å². The number of phenolic OH excluding ortho intramolecular Hbond substituents is 3. The Morgan fingerprint density at radius 1 is 1.10 bits per heavy atom. The highest BCUT2D eigenvalue weighted by Crippen LogP contribution is 2.28. The number of rotatable bonds is 3. The van der Waals surface area contributed by atoms with E-state index >= 15 is 0 Å². The Labute approximate surface area is 115 Å². The third-order valence-corrected chi connectivity index (χ3v) is 2.90. The van der Waals surface area contributed by atoms with Crippen LogP contribution < -0.4 is 0 Å². The number of aryl methyl sites for hydroxylation is 1. The summed E-state index contributed by atoms with van der Waals surface area (Å²) < 4.78 is 5.02. The fraction of sp³-hybridized carbons (Fsp3) is 0.133. The Balaban J connectivity index is 2.08. The van der Waals surface area contributed by atoms with Crippen molar-refractivity contribution in [3.63, 3.8) is 0 Å². The molecule has 0 aliphatic rings. The van der Waals surface area contributed by atoms with Gasteiger partial charge in [-0.1, -0.05) is 18.2 Å². The average molecular weight is 274 g/mol. The minimum atomic E-state index is -0.622. The van der Waals surface area contributed by atoms with Crippen LogP contribution in [0.4, 0.5) is 0 Å². The first-order valence-electron chi connectivity index (χ1n) is 5.95. The second-order valence-corrected chi connectivity index (χ2v) is 4.36. The van der Waals surface area contributed by atoms with Gasteiger partial charge in [0.15, 0.2) is 11.5 Å². The molecule has 2 rings (SSSR count). The summed E-state index contributed by atoms with van der Waals surface area (Å²) in [5, 5.41) is 28.4. The van der Waals surface area contributed by atoms with Crippen molar-refractivity contribution in [1.82, 2.24) is 0 Å². The largest absolute Gasteiger partial charge is 0.508 e. The van der Waals surface area contributed by atoms with Crippen LogP contribution in [0.25, 0.3) is 0 Å². The molecular weight excluding hydrogens is 260 g/mol. The van der Waals surface area contributed by atoms with Crippen molar-refractivity contribution >= 4 is 5.97 Å². The molecule has 0 unspecified atom stereocenters. The molecule has 5 nitrogen and oxygen atoms in total. The predicted molar refractivity (Wildman–Crippen MR) is 71.7 cm³/mol. The molecule has 5 heteroatoms. The number of esters is 1. The topological polar surface area (TPSA) is 87.0 Å². The first-order chi connectivity index (χ1) is 9.49.